The highest BCUT2D eigenvalue weighted by Crippen LogP contribution is 2.31. The molecule has 6 heteroatoms. The van der Waals surface area contributed by atoms with Gasteiger partial charge in [-0.05, 0) is 49.7 Å². The number of benzene rings is 2. The summed E-state index contributed by atoms with van der Waals surface area (Å²) in [4.78, 5) is 17.5. The van der Waals surface area contributed by atoms with Crippen molar-refractivity contribution in [2.24, 2.45) is 5.16 Å². The monoisotopic (exact) mass is 383 g/mol. The van der Waals surface area contributed by atoms with Crippen LogP contribution in [0.15, 0.2) is 47.6 Å². The zero-order valence-electron chi connectivity index (χ0n) is 16.4. The first kappa shape index (κ1) is 19.7. The fraction of sp³-hybridized carbons (Fsp3) is 0.364. The summed E-state index contributed by atoms with van der Waals surface area (Å²) >= 11 is 0. The van der Waals surface area contributed by atoms with Crippen molar-refractivity contribution < 1.29 is 23.8 Å². The van der Waals surface area contributed by atoms with E-state index in [0.717, 1.165) is 24.2 Å². The average molecular weight is 383 g/mol. The van der Waals surface area contributed by atoms with Crippen LogP contribution in [0.2, 0.25) is 0 Å². The Morgan fingerprint density at radius 1 is 1.18 bits per heavy atom. The zero-order chi connectivity index (χ0) is 19.9. The van der Waals surface area contributed by atoms with Gasteiger partial charge in [-0.1, -0.05) is 18.5 Å². The summed E-state index contributed by atoms with van der Waals surface area (Å²) in [7, 11) is 1.60. The van der Waals surface area contributed by atoms with Gasteiger partial charge in [0.1, 0.15) is 23.4 Å². The lowest BCUT2D eigenvalue weighted by atomic mass is 10.0. The summed E-state index contributed by atoms with van der Waals surface area (Å²) in [6.07, 6.45) is 2.55. The van der Waals surface area contributed by atoms with Crippen LogP contribution in [0, 0.1) is 0 Å². The van der Waals surface area contributed by atoms with Gasteiger partial charge in [0.05, 0.1) is 25.0 Å². The molecule has 0 saturated carbocycles. The molecule has 1 atom stereocenters. The molecule has 1 aliphatic heterocycles. The Bertz CT molecular complexity index is 845. The van der Waals surface area contributed by atoms with Gasteiger partial charge in [-0.25, -0.2) is 4.79 Å². The average Bonchev–Trinajstić information content (AvgIpc) is 2.71. The Hall–Kier alpha value is -3.02. The third-order valence-corrected chi connectivity index (χ3v) is 4.40. The van der Waals surface area contributed by atoms with Crippen LogP contribution >= 0.6 is 0 Å². The number of methoxy groups -OCH3 is 1. The molecule has 0 aromatic heterocycles. The Balaban J connectivity index is 1.69. The van der Waals surface area contributed by atoms with Crippen molar-refractivity contribution in [1.82, 2.24) is 0 Å². The van der Waals surface area contributed by atoms with Gasteiger partial charge in [0.25, 0.3) is 0 Å². The number of ether oxygens (including phenoxy) is 3. The smallest absolute Gasteiger partial charge is 0.365 e. The largest absolute Gasteiger partial charge is 0.497 e. The minimum absolute atomic E-state index is 0.0726. The lowest BCUT2D eigenvalue weighted by Gasteiger charge is -2.24. The maximum atomic E-state index is 12.3. The van der Waals surface area contributed by atoms with Crippen molar-refractivity contribution in [3.8, 4) is 17.2 Å². The van der Waals surface area contributed by atoms with Gasteiger partial charge in [0.2, 0.25) is 0 Å². The van der Waals surface area contributed by atoms with Crippen molar-refractivity contribution >= 4 is 11.7 Å². The molecule has 0 bridgehead atoms. The molecule has 2 aromatic carbocycles. The van der Waals surface area contributed by atoms with E-state index in [-0.39, 0.29) is 6.10 Å². The molecule has 0 N–H and O–H groups in total. The van der Waals surface area contributed by atoms with E-state index >= 15 is 0 Å². The predicted octanol–water partition coefficient (Wildman–Crippen LogP) is 4.61. The highest BCUT2D eigenvalue weighted by atomic mass is 16.7. The summed E-state index contributed by atoms with van der Waals surface area (Å²) in [5.41, 5.74) is 1.89. The maximum Gasteiger partial charge on any atom is 0.365 e. The number of unbranched alkanes of at least 4 members (excludes halogenated alkanes) is 1. The van der Waals surface area contributed by atoms with Gasteiger partial charge < -0.3 is 19.0 Å². The van der Waals surface area contributed by atoms with Crippen molar-refractivity contribution in [3.63, 3.8) is 0 Å². The number of rotatable bonds is 7. The maximum absolute atomic E-state index is 12.3. The van der Waals surface area contributed by atoms with Crippen molar-refractivity contribution in [1.29, 1.82) is 0 Å². The van der Waals surface area contributed by atoms with Crippen LogP contribution in [-0.2, 0) is 4.84 Å². The second-order valence-electron chi connectivity index (χ2n) is 6.64. The Labute approximate surface area is 165 Å². The normalized spacial score (nSPS) is 16.8. The quantitative estimate of drug-likeness (QED) is 0.397. The lowest BCUT2D eigenvalue weighted by molar-refractivity contribution is 0.0513. The summed E-state index contributed by atoms with van der Waals surface area (Å²) in [5.74, 6) is 1.59. The Kier molecular flexibility index (Phi) is 6.53. The molecule has 2 aromatic rings. The molecule has 0 aliphatic carbocycles. The summed E-state index contributed by atoms with van der Waals surface area (Å²) < 4.78 is 16.7. The van der Waals surface area contributed by atoms with E-state index in [2.05, 4.69) is 12.1 Å². The third-order valence-electron chi connectivity index (χ3n) is 4.40. The van der Waals surface area contributed by atoms with Gasteiger partial charge in [-0.2, -0.15) is 0 Å². The first-order valence-corrected chi connectivity index (χ1v) is 9.47. The molecule has 0 fully saturated rings. The van der Waals surface area contributed by atoms with E-state index in [0.29, 0.717) is 35.8 Å². The molecule has 28 heavy (non-hydrogen) atoms. The van der Waals surface area contributed by atoms with Crippen LogP contribution < -0.4 is 14.2 Å². The predicted molar refractivity (Wildman–Crippen MR) is 106 cm³/mol. The van der Waals surface area contributed by atoms with Crippen LogP contribution in [0.3, 0.4) is 0 Å². The highest BCUT2D eigenvalue weighted by molar-refractivity contribution is 6.04. The first-order valence-electron chi connectivity index (χ1n) is 9.47. The van der Waals surface area contributed by atoms with E-state index in [9.17, 15) is 4.79 Å². The third kappa shape index (κ3) is 4.82. The van der Waals surface area contributed by atoms with Gasteiger partial charge in [-0.15, -0.1) is 0 Å². The topological polar surface area (TPSA) is 66.4 Å². The molecule has 3 rings (SSSR count). The summed E-state index contributed by atoms with van der Waals surface area (Å²) in [5, 5.41) is 4.10. The second-order valence-corrected chi connectivity index (χ2v) is 6.64. The van der Waals surface area contributed by atoms with E-state index < -0.39 is 5.97 Å². The molecule has 1 aliphatic rings. The minimum Gasteiger partial charge on any atom is -0.497 e. The van der Waals surface area contributed by atoms with E-state index in [4.69, 9.17) is 19.0 Å². The van der Waals surface area contributed by atoms with Crippen LogP contribution in [0.1, 0.15) is 49.0 Å². The number of nitrogens with zero attached hydrogens (tertiary/aromatic N) is 1. The van der Waals surface area contributed by atoms with E-state index in [1.807, 2.05) is 19.1 Å². The van der Waals surface area contributed by atoms with Crippen molar-refractivity contribution in [2.45, 2.75) is 39.2 Å². The van der Waals surface area contributed by atoms with Gasteiger partial charge in [-0.3, -0.25) is 0 Å². The molecule has 0 spiro atoms. The Morgan fingerprint density at radius 2 is 1.93 bits per heavy atom. The standard InChI is InChI=1S/C22H25NO5/c1-4-5-12-26-17-8-6-16(7-9-17)22(24)28-23-20-13-15(2)27-21-14-18(25-3)10-11-19(20)21/h6-11,14-15H,4-5,12-13H2,1-3H3/b23-20+/t15-/m0/s1. The molecule has 6 nitrogen and oxygen atoms in total. The van der Waals surface area contributed by atoms with E-state index in [1.54, 1.807) is 37.4 Å². The number of carbonyl (C=O) groups is 1. The molecule has 1 heterocycles. The van der Waals surface area contributed by atoms with Gasteiger partial charge in [0.15, 0.2) is 0 Å². The van der Waals surface area contributed by atoms with Crippen LogP contribution in [-0.4, -0.2) is 31.5 Å². The molecular weight excluding hydrogens is 358 g/mol. The number of carbonyl (C=O) groups excluding carboxylic acids is 1. The highest BCUT2D eigenvalue weighted by Gasteiger charge is 2.23. The zero-order valence-corrected chi connectivity index (χ0v) is 16.4. The summed E-state index contributed by atoms with van der Waals surface area (Å²) in [6.45, 7) is 4.72. The lowest BCUT2D eigenvalue weighted by Crippen LogP contribution is -2.25. The molecule has 0 unspecified atom stereocenters. The van der Waals surface area contributed by atoms with Crippen molar-refractivity contribution in [2.75, 3.05) is 13.7 Å². The number of hydrogen-bond donors (Lipinski definition) is 0. The van der Waals surface area contributed by atoms with Gasteiger partial charge in [0, 0.05) is 18.1 Å². The SMILES string of the molecule is CCCCOc1ccc(C(=O)O/N=C2\C[C@H](C)Oc3cc(OC)ccc32)cc1. The van der Waals surface area contributed by atoms with Crippen LogP contribution in [0.5, 0.6) is 17.2 Å². The first-order chi connectivity index (χ1) is 13.6. The molecular formula is C22H25NO5. The van der Waals surface area contributed by atoms with E-state index in [1.165, 1.54) is 0 Å². The van der Waals surface area contributed by atoms with Crippen LogP contribution in [0.25, 0.3) is 0 Å². The van der Waals surface area contributed by atoms with Crippen molar-refractivity contribution in [3.05, 3.63) is 53.6 Å². The molecule has 0 amide bonds. The fourth-order valence-corrected chi connectivity index (χ4v) is 2.86. The van der Waals surface area contributed by atoms with Crippen LogP contribution in [0.4, 0.5) is 0 Å². The molecule has 148 valence electrons. The molecule has 0 radical (unpaired) electrons. The number of hydrogen-bond acceptors (Lipinski definition) is 6. The number of oxime groups is 1. The number of fused-ring (bicyclic) bond motifs is 1. The second kappa shape index (κ2) is 9.26. The summed E-state index contributed by atoms with van der Waals surface area (Å²) in [6, 6.07) is 12.4. The molecule has 0 saturated heterocycles. The Morgan fingerprint density at radius 3 is 2.64 bits per heavy atom. The van der Waals surface area contributed by atoms with Gasteiger partial charge >= 0.3 is 5.97 Å². The minimum atomic E-state index is -0.512. The fourth-order valence-electron chi connectivity index (χ4n) is 2.86.